The third kappa shape index (κ3) is 4.88. The standard InChI is InChI=1S/C30H30F2N2O4/c1-17-25(27(29(35)36-5)38-30(2,3)4)26(20-7-9-24-19(15-20)11-13-37-24)21-10-12-34(28(21)33-17)16-18-6-8-22(31)23(32)14-18/h6-10,12,14-15,27H,11,13,16H2,1-5H3/t27-/m0/s1. The molecule has 0 saturated carbocycles. The maximum absolute atomic E-state index is 13.9. The summed E-state index contributed by atoms with van der Waals surface area (Å²) in [6, 6.07) is 11.8. The highest BCUT2D eigenvalue weighted by Gasteiger charge is 2.34. The quantitative estimate of drug-likeness (QED) is 0.279. The van der Waals surface area contributed by atoms with E-state index in [1.165, 1.54) is 13.2 Å². The number of esters is 1. The van der Waals surface area contributed by atoms with Crippen LogP contribution in [0.2, 0.25) is 0 Å². The molecule has 1 aliphatic rings. The monoisotopic (exact) mass is 520 g/mol. The van der Waals surface area contributed by atoms with Gasteiger partial charge in [0.25, 0.3) is 0 Å². The predicted octanol–water partition coefficient (Wildman–Crippen LogP) is 6.30. The van der Waals surface area contributed by atoms with Crippen LogP contribution in [0, 0.1) is 18.6 Å². The van der Waals surface area contributed by atoms with Crippen LogP contribution in [0.3, 0.4) is 0 Å². The van der Waals surface area contributed by atoms with Crippen LogP contribution >= 0.6 is 0 Å². The molecule has 2 aromatic carbocycles. The zero-order valence-electron chi connectivity index (χ0n) is 22.1. The van der Waals surface area contributed by atoms with Crippen LogP contribution in [-0.4, -0.2) is 34.8 Å². The average molecular weight is 521 g/mol. The second-order valence-corrected chi connectivity index (χ2v) is 10.5. The Hall–Kier alpha value is -3.78. The molecule has 8 heteroatoms. The third-order valence-electron chi connectivity index (χ3n) is 6.60. The summed E-state index contributed by atoms with van der Waals surface area (Å²) < 4.78 is 46.4. The van der Waals surface area contributed by atoms with Crippen molar-refractivity contribution in [2.45, 2.75) is 52.4 Å². The zero-order valence-corrected chi connectivity index (χ0v) is 22.1. The maximum atomic E-state index is 13.9. The van der Waals surface area contributed by atoms with Crippen molar-refractivity contribution in [2.24, 2.45) is 0 Å². The minimum absolute atomic E-state index is 0.295. The van der Waals surface area contributed by atoms with Crippen molar-refractivity contribution in [3.63, 3.8) is 0 Å². The largest absolute Gasteiger partial charge is 0.493 e. The van der Waals surface area contributed by atoms with E-state index in [-0.39, 0.29) is 0 Å². The van der Waals surface area contributed by atoms with Crippen LogP contribution in [0.4, 0.5) is 8.78 Å². The third-order valence-corrected chi connectivity index (χ3v) is 6.60. The number of carbonyl (C=O) groups excluding carboxylic acids is 1. The Morgan fingerprint density at radius 1 is 1.13 bits per heavy atom. The van der Waals surface area contributed by atoms with E-state index in [2.05, 4.69) is 6.07 Å². The van der Waals surface area contributed by atoms with Crippen LogP contribution in [0.1, 0.15) is 49.3 Å². The first-order valence-corrected chi connectivity index (χ1v) is 12.5. The Morgan fingerprint density at radius 2 is 1.92 bits per heavy atom. The fraction of sp³-hybridized carbons (Fsp3) is 0.333. The molecule has 0 amide bonds. The number of pyridine rings is 1. The summed E-state index contributed by atoms with van der Waals surface area (Å²) in [6.07, 6.45) is 1.65. The van der Waals surface area contributed by atoms with E-state index in [1.54, 1.807) is 6.07 Å². The Labute approximate surface area is 220 Å². The van der Waals surface area contributed by atoms with Crippen molar-refractivity contribution in [3.05, 3.63) is 82.7 Å². The number of carbonyl (C=O) groups is 1. The second-order valence-electron chi connectivity index (χ2n) is 10.5. The lowest BCUT2D eigenvalue weighted by atomic mass is 9.91. The number of halogens is 2. The Kier molecular flexibility index (Phi) is 6.69. The highest BCUT2D eigenvalue weighted by atomic mass is 19.2. The van der Waals surface area contributed by atoms with Crippen molar-refractivity contribution in [1.29, 1.82) is 0 Å². The number of methoxy groups -OCH3 is 1. The van der Waals surface area contributed by atoms with Gasteiger partial charge in [-0.05, 0) is 74.7 Å². The number of aromatic nitrogens is 2. The highest BCUT2D eigenvalue weighted by Crippen LogP contribution is 2.42. The molecule has 2 aromatic heterocycles. The molecule has 1 aliphatic heterocycles. The lowest BCUT2D eigenvalue weighted by Gasteiger charge is -2.28. The van der Waals surface area contributed by atoms with Crippen molar-refractivity contribution >= 4 is 17.0 Å². The number of rotatable bonds is 6. The molecule has 0 aliphatic carbocycles. The van der Waals surface area contributed by atoms with E-state index in [0.717, 1.165) is 40.3 Å². The SMILES string of the molecule is COC(=O)[C@@H](OC(C)(C)C)c1c(C)nc2c(ccn2Cc2ccc(F)c(F)c2)c1-c1ccc2c(c1)CCO2. The van der Waals surface area contributed by atoms with Crippen molar-refractivity contribution in [2.75, 3.05) is 13.7 Å². The average Bonchev–Trinajstić information content (AvgIpc) is 3.49. The molecule has 0 saturated heterocycles. The van der Waals surface area contributed by atoms with Crippen LogP contribution in [0.15, 0.2) is 48.7 Å². The molecule has 0 fully saturated rings. The molecule has 0 bridgehead atoms. The first-order valence-electron chi connectivity index (χ1n) is 12.5. The number of benzene rings is 2. The van der Waals surface area contributed by atoms with Gasteiger partial charge in [-0.15, -0.1) is 0 Å². The number of hydrogen-bond donors (Lipinski definition) is 0. The molecule has 0 unspecified atom stereocenters. The Bertz CT molecular complexity index is 1540. The van der Waals surface area contributed by atoms with Gasteiger partial charge in [0.1, 0.15) is 11.4 Å². The van der Waals surface area contributed by atoms with Gasteiger partial charge in [-0.2, -0.15) is 0 Å². The minimum Gasteiger partial charge on any atom is -0.493 e. The number of hydrogen-bond acceptors (Lipinski definition) is 5. The number of ether oxygens (including phenoxy) is 3. The lowest BCUT2D eigenvalue weighted by Crippen LogP contribution is -2.29. The molecular formula is C30H30F2N2O4. The fourth-order valence-corrected chi connectivity index (χ4v) is 4.95. The predicted molar refractivity (Wildman–Crippen MR) is 140 cm³/mol. The van der Waals surface area contributed by atoms with Gasteiger partial charge >= 0.3 is 5.97 Å². The topological polar surface area (TPSA) is 62.6 Å². The number of fused-ring (bicyclic) bond motifs is 2. The summed E-state index contributed by atoms with van der Waals surface area (Å²) in [4.78, 5) is 18.0. The fourth-order valence-electron chi connectivity index (χ4n) is 4.95. The minimum atomic E-state index is -1.01. The summed E-state index contributed by atoms with van der Waals surface area (Å²) in [5.41, 5.74) is 4.65. The molecule has 0 N–H and O–H groups in total. The molecule has 4 aromatic rings. The summed E-state index contributed by atoms with van der Waals surface area (Å²) >= 11 is 0. The van der Waals surface area contributed by atoms with Crippen molar-refractivity contribution in [3.8, 4) is 16.9 Å². The van der Waals surface area contributed by atoms with Gasteiger partial charge in [-0.1, -0.05) is 12.1 Å². The highest BCUT2D eigenvalue weighted by molar-refractivity contribution is 5.98. The van der Waals surface area contributed by atoms with Crippen LogP contribution in [-0.2, 0) is 27.2 Å². The van der Waals surface area contributed by atoms with Gasteiger partial charge in [0.2, 0.25) is 0 Å². The normalized spacial score (nSPS) is 13.9. The first-order chi connectivity index (χ1) is 18.1. The molecule has 38 heavy (non-hydrogen) atoms. The molecule has 6 nitrogen and oxygen atoms in total. The molecule has 0 spiro atoms. The van der Waals surface area contributed by atoms with E-state index in [0.29, 0.717) is 35.6 Å². The van der Waals surface area contributed by atoms with E-state index in [1.807, 2.05) is 56.7 Å². The second kappa shape index (κ2) is 9.83. The Balaban J connectivity index is 1.74. The molecular weight excluding hydrogens is 490 g/mol. The number of nitrogens with zero attached hydrogens (tertiary/aromatic N) is 2. The van der Waals surface area contributed by atoms with E-state index < -0.39 is 29.3 Å². The van der Waals surface area contributed by atoms with Gasteiger partial charge in [-0.25, -0.2) is 18.6 Å². The zero-order chi connectivity index (χ0) is 27.2. The van der Waals surface area contributed by atoms with Gasteiger partial charge in [-0.3, -0.25) is 0 Å². The van der Waals surface area contributed by atoms with E-state index >= 15 is 0 Å². The smallest absolute Gasteiger partial charge is 0.339 e. The van der Waals surface area contributed by atoms with Gasteiger partial charge < -0.3 is 18.8 Å². The van der Waals surface area contributed by atoms with Crippen molar-refractivity contribution < 1.29 is 27.8 Å². The van der Waals surface area contributed by atoms with E-state index in [4.69, 9.17) is 19.2 Å². The van der Waals surface area contributed by atoms with Crippen LogP contribution in [0.25, 0.3) is 22.2 Å². The molecule has 1 atom stereocenters. The Morgan fingerprint density at radius 3 is 2.63 bits per heavy atom. The van der Waals surface area contributed by atoms with Gasteiger partial charge in [0.05, 0.1) is 19.3 Å². The van der Waals surface area contributed by atoms with Crippen molar-refractivity contribution in [1.82, 2.24) is 9.55 Å². The van der Waals surface area contributed by atoms with Gasteiger partial charge in [0.15, 0.2) is 17.7 Å². The molecule has 5 rings (SSSR count). The lowest BCUT2D eigenvalue weighted by molar-refractivity contribution is -0.164. The van der Waals surface area contributed by atoms with E-state index in [9.17, 15) is 13.6 Å². The van der Waals surface area contributed by atoms with Crippen LogP contribution in [0.5, 0.6) is 5.75 Å². The molecule has 3 heterocycles. The molecule has 198 valence electrons. The first kappa shape index (κ1) is 25.9. The maximum Gasteiger partial charge on any atom is 0.339 e. The number of aryl methyl sites for hydroxylation is 1. The van der Waals surface area contributed by atoms with Gasteiger partial charge in [0, 0.05) is 41.4 Å². The molecule has 0 radical (unpaired) electrons. The van der Waals surface area contributed by atoms with Crippen LogP contribution < -0.4 is 4.74 Å². The summed E-state index contributed by atoms with van der Waals surface area (Å²) in [5, 5.41) is 0.804. The summed E-state index contributed by atoms with van der Waals surface area (Å²) in [5.74, 6) is -1.45. The summed E-state index contributed by atoms with van der Waals surface area (Å²) in [6.45, 7) is 8.41. The summed E-state index contributed by atoms with van der Waals surface area (Å²) in [7, 11) is 1.34.